The summed E-state index contributed by atoms with van der Waals surface area (Å²) in [6.45, 7) is 11.3. The van der Waals surface area contributed by atoms with E-state index < -0.39 is 8.07 Å². The van der Waals surface area contributed by atoms with Crippen molar-refractivity contribution in [3.05, 3.63) is 35.9 Å². The first-order valence-electron chi connectivity index (χ1n) is 6.39. The molecule has 0 unspecified atom stereocenters. The molecule has 0 fully saturated rings. The molecule has 0 saturated heterocycles. The molecule has 1 rings (SSSR count). The summed E-state index contributed by atoms with van der Waals surface area (Å²) in [4.78, 5) is 2.51. The lowest BCUT2D eigenvalue weighted by Gasteiger charge is -2.30. The van der Waals surface area contributed by atoms with Crippen molar-refractivity contribution in [2.24, 2.45) is 5.73 Å². The van der Waals surface area contributed by atoms with E-state index in [1.54, 1.807) is 0 Å². The summed E-state index contributed by atoms with van der Waals surface area (Å²) in [6, 6.07) is 10.9. The van der Waals surface area contributed by atoms with Crippen LogP contribution in [0.2, 0.25) is 19.6 Å². The average molecular weight is 250 g/mol. The van der Waals surface area contributed by atoms with Crippen LogP contribution in [0.4, 0.5) is 0 Å². The summed E-state index contributed by atoms with van der Waals surface area (Å²) < 4.78 is 0. The van der Waals surface area contributed by atoms with Gasteiger partial charge in [-0.3, -0.25) is 0 Å². The third-order valence-electron chi connectivity index (χ3n) is 2.49. The Kier molecular flexibility index (Phi) is 5.37. The monoisotopic (exact) mass is 250 g/mol. The second-order valence-corrected chi connectivity index (χ2v) is 11.6. The molecule has 0 aliphatic carbocycles. The summed E-state index contributed by atoms with van der Waals surface area (Å²) in [5, 5.41) is 0. The molecule has 0 aromatic heterocycles. The summed E-state index contributed by atoms with van der Waals surface area (Å²) in [5.74, 6) is 0. The molecule has 96 valence electrons. The van der Waals surface area contributed by atoms with Crippen LogP contribution in [0, 0.1) is 0 Å². The standard InChI is InChI=1S/C14H26N2Si/c1-13(15)10-16(12-17(2,3)4)11-14-8-6-5-7-9-14/h5-9,13H,10-12,15H2,1-4H3/t13-/m0/s1. The predicted octanol–water partition coefficient (Wildman–Crippen LogP) is 2.71. The van der Waals surface area contributed by atoms with Crippen LogP contribution in [0.1, 0.15) is 12.5 Å². The highest BCUT2D eigenvalue weighted by atomic mass is 28.3. The van der Waals surface area contributed by atoms with Crippen LogP contribution >= 0.6 is 0 Å². The van der Waals surface area contributed by atoms with Crippen molar-refractivity contribution in [3.8, 4) is 0 Å². The largest absolute Gasteiger partial charge is 0.327 e. The molecule has 2 nitrogen and oxygen atoms in total. The van der Waals surface area contributed by atoms with Crippen LogP contribution in [-0.4, -0.2) is 31.7 Å². The Morgan fingerprint density at radius 2 is 1.76 bits per heavy atom. The Balaban J connectivity index is 2.64. The Hall–Kier alpha value is -0.643. The molecule has 0 amide bonds. The first-order chi connectivity index (χ1) is 7.87. The van der Waals surface area contributed by atoms with Crippen LogP contribution in [0.15, 0.2) is 30.3 Å². The molecular weight excluding hydrogens is 224 g/mol. The molecule has 0 saturated carbocycles. The molecule has 0 bridgehead atoms. The van der Waals surface area contributed by atoms with E-state index in [1.807, 2.05) is 0 Å². The first-order valence-corrected chi connectivity index (χ1v) is 10.1. The van der Waals surface area contributed by atoms with Gasteiger partial charge in [0.25, 0.3) is 0 Å². The topological polar surface area (TPSA) is 29.3 Å². The van der Waals surface area contributed by atoms with E-state index >= 15 is 0 Å². The van der Waals surface area contributed by atoms with Crippen molar-refractivity contribution in [2.45, 2.75) is 39.2 Å². The van der Waals surface area contributed by atoms with Gasteiger partial charge < -0.3 is 10.6 Å². The highest BCUT2D eigenvalue weighted by Gasteiger charge is 2.19. The van der Waals surface area contributed by atoms with Gasteiger partial charge in [0.1, 0.15) is 0 Å². The number of hydrogen-bond donors (Lipinski definition) is 1. The van der Waals surface area contributed by atoms with E-state index in [1.165, 1.54) is 11.7 Å². The van der Waals surface area contributed by atoms with Gasteiger partial charge in [0, 0.05) is 19.1 Å². The van der Waals surface area contributed by atoms with Crippen molar-refractivity contribution in [2.75, 3.05) is 12.7 Å². The Labute approximate surface area is 107 Å². The van der Waals surface area contributed by atoms with Gasteiger partial charge in [0.15, 0.2) is 0 Å². The molecule has 0 aliphatic heterocycles. The number of nitrogens with two attached hydrogens (primary N) is 1. The third-order valence-corrected chi connectivity index (χ3v) is 3.89. The van der Waals surface area contributed by atoms with Crippen molar-refractivity contribution in [1.29, 1.82) is 0 Å². The summed E-state index contributed by atoms with van der Waals surface area (Å²) >= 11 is 0. The molecule has 0 spiro atoms. The number of rotatable bonds is 6. The molecule has 1 aromatic carbocycles. The molecule has 17 heavy (non-hydrogen) atoms. The van der Waals surface area contributed by atoms with Gasteiger partial charge >= 0.3 is 0 Å². The highest BCUT2D eigenvalue weighted by molar-refractivity contribution is 6.76. The molecule has 0 heterocycles. The van der Waals surface area contributed by atoms with Crippen LogP contribution < -0.4 is 5.73 Å². The second kappa shape index (κ2) is 6.33. The Morgan fingerprint density at radius 1 is 1.18 bits per heavy atom. The molecule has 0 radical (unpaired) electrons. The normalized spacial score (nSPS) is 14.0. The van der Waals surface area contributed by atoms with Crippen molar-refractivity contribution >= 4 is 8.07 Å². The molecular formula is C14H26N2Si. The maximum Gasteiger partial charge on any atom is 0.0599 e. The fourth-order valence-corrected chi connectivity index (χ4v) is 3.69. The molecule has 2 N–H and O–H groups in total. The van der Waals surface area contributed by atoms with Crippen molar-refractivity contribution < 1.29 is 0 Å². The number of nitrogens with zero attached hydrogens (tertiary/aromatic N) is 1. The number of hydrogen-bond acceptors (Lipinski definition) is 2. The van der Waals surface area contributed by atoms with Gasteiger partial charge in [-0.15, -0.1) is 0 Å². The minimum absolute atomic E-state index is 0.245. The lowest BCUT2D eigenvalue weighted by Crippen LogP contribution is -2.44. The van der Waals surface area contributed by atoms with Crippen LogP contribution in [0.25, 0.3) is 0 Å². The van der Waals surface area contributed by atoms with Crippen molar-refractivity contribution in [3.63, 3.8) is 0 Å². The van der Waals surface area contributed by atoms with E-state index in [4.69, 9.17) is 5.73 Å². The van der Waals surface area contributed by atoms with Gasteiger partial charge in [0.05, 0.1) is 8.07 Å². The molecule has 1 aromatic rings. The van der Waals surface area contributed by atoms with E-state index in [0.717, 1.165) is 13.1 Å². The maximum absolute atomic E-state index is 5.94. The van der Waals surface area contributed by atoms with Gasteiger partial charge in [0.2, 0.25) is 0 Å². The van der Waals surface area contributed by atoms with E-state index in [9.17, 15) is 0 Å². The SMILES string of the molecule is C[C@H](N)CN(Cc1ccccc1)C[Si](C)(C)C. The molecule has 0 aliphatic rings. The van der Waals surface area contributed by atoms with Gasteiger partial charge in [-0.1, -0.05) is 50.0 Å². The third kappa shape index (κ3) is 6.61. The van der Waals surface area contributed by atoms with Crippen LogP contribution in [-0.2, 0) is 6.54 Å². The minimum atomic E-state index is -1.07. The second-order valence-electron chi connectivity index (χ2n) is 6.19. The predicted molar refractivity (Wildman–Crippen MR) is 78.7 cm³/mol. The molecule has 1 atom stereocenters. The van der Waals surface area contributed by atoms with Crippen LogP contribution in [0.5, 0.6) is 0 Å². The number of benzene rings is 1. The Morgan fingerprint density at radius 3 is 2.24 bits per heavy atom. The minimum Gasteiger partial charge on any atom is -0.327 e. The zero-order valence-electron chi connectivity index (χ0n) is 11.6. The fourth-order valence-electron chi connectivity index (χ4n) is 2.10. The van der Waals surface area contributed by atoms with Crippen molar-refractivity contribution in [1.82, 2.24) is 4.90 Å². The first kappa shape index (κ1) is 14.4. The summed E-state index contributed by atoms with van der Waals surface area (Å²) in [6.07, 6.45) is 1.21. The quantitative estimate of drug-likeness (QED) is 0.787. The smallest absolute Gasteiger partial charge is 0.0599 e. The van der Waals surface area contributed by atoms with Gasteiger partial charge in [-0.25, -0.2) is 0 Å². The average Bonchev–Trinajstić information content (AvgIpc) is 2.15. The van der Waals surface area contributed by atoms with E-state index in [-0.39, 0.29) is 6.04 Å². The lowest BCUT2D eigenvalue weighted by atomic mass is 10.2. The highest BCUT2D eigenvalue weighted by Crippen LogP contribution is 2.10. The summed E-state index contributed by atoms with van der Waals surface area (Å²) in [5.41, 5.74) is 7.32. The van der Waals surface area contributed by atoms with Gasteiger partial charge in [-0.2, -0.15) is 0 Å². The summed E-state index contributed by atoms with van der Waals surface area (Å²) in [7, 11) is -1.07. The zero-order valence-corrected chi connectivity index (χ0v) is 12.6. The Bertz CT molecular complexity index is 317. The fraction of sp³-hybridized carbons (Fsp3) is 0.571. The van der Waals surface area contributed by atoms with Crippen LogP contribution in [0.3, 0.4) is 0 Å². The van der Waals surface area contributed by atoms with E-state index in [2.05, 4.69) is 61.8 Å². The molecule has 3 heteroatoms. The lowest BCUT2D eigenvalue weighted by molar-refractivity contribution is 0.289. The maximum atomic E-state index is 5.94. The van der Waals surface area contributed by atoms with E-state index in [0.29, 0.717) is 0 Å². The van der Waals surface area contributed by atoms with Gasteiger partial charge in [-0.05, 0) is 18.7 Å². The zero-order chi connectivity index (χ0) is 12.9.